The van der Waals surface area contributed by atoms with Crippen molar-refractivity contribution in [2.75, 3.05) is 23.3 Å². The minimum Gasteiger partial charge on any atom is -0.366 e. The van der Waals surface area contributed by atoms with Crippen molar-refractivity contribution in [1.29, 1.82) is 0 Å². The number of hydrogen-bond donors (Lipinski definition) is 1. The summed E-state index contributed by atoms with van der Waals surface area (Å²) >= 11 is 0. The van der Waals surface area contributed by atoms with Gasteiger partial charge >= 0.3 is 0 Å². The highest BCUT2D eigenvalue weighted by Crippen LogP contribution is 2.21. The summed E-state index contributed by atoms with van der Waals surface area (Å²) in [6.45, 7) is 6.91. The zero-order valence-electron chi connectivity index (χ0n) is 13.7. The van der Waals surface area contributed by atoms with Crippen molar-refractivity contribution < 1.29 is 4.39 Å². The molecule has 1 aromatic carbocycles. The van der Waals surface area contributed by atoms with Crippen molar-refractivity contribution >= 4 is 11.8 Å². The van der Waals surface area contributed by atoms with Gasteiger partial charge < -0.3 is 10.2 Å². The van der Waals surface area contributed by atoms with Crippen LogP contribution in [-0.4, -0.2) is 23.1 Å². The average Bonchev–Trinajstić information content (AvgIpc) is 2.54. The maximum Gasteiger partial charge on any atom is 0.227 e. The molecule has 4 nitrogen and oxygen atoms in total. The SMILES string of the molecule is Cc1cc(NCc2ccc(F)cc2)nc(N2CCCC(C)C2)n1. The molecule has 2 heterocycles. The third-order valence-electron chi connectivity index (χ3n) is 4.17. The third kappa shape index (κ3) is 4.18. The average molecular weight is 314 g/mol. The summed E-state index contributed by atoms with van der Waals surface area (Å²) in [7, 11) is 0. The van der Waals surface area contributed by atoms with Crippen molar-refractivity contribution in [3.05, 3.63) is 47.4 Å². The lowest BCUT2D eigenvalue weighted by atomic mass is 10.0. The van der Waals surface area contributed by atoms with E-state index >= 15 is 0 Å². The first-order valence-electron chi connectivity index (χ1n) is 8.19. The van der Waals surface area contributed by atoms with E-state index in [2.05, 4.69) is 27.1 Å². The third-order valence-corrected chi connectivity index (χ3v) is 4.17. The van der Waals surface area contributed by atoms with E-state index in [0.29, 0.717) is 12.5 Å². The van der Waals surface area contributed by atoms with Gasteiger partial charge in [-0.15, -0.1) is 0 Å². The normalized spacial score (nSPS) is 18.0. The van der Waals surface area contributed by atoms with Crippen LogP contribution in [0.25, 0.3) is 0 Å². The molecule has 1 unspecified atom stereocenters. The monoisotopic (exact) mass is 314 g/mol. The standard InChI is InChI=1S/C18H23FN4/c1-13-4-3-9-23(12-13)18-21-14(2)10-17(22-18)20-11-15-5-7-16(19)8-6-15/h5-8,10,13H,3-4,9,11-12H2,1-2H3,(H,20,21,22). The van der Waals surface area contributed by atoms with Crippen LogP contribution in [0.4, 0.5) is 16.2 Å². The van der Waals surface area contributed by atoms with Crippen LogP contribution in [0.15, 0.2) is 30.3 Å². The van der Waals surface area contributed by atoms with Gasteiger partial charge in [-0.05, 0) is 43.4 Å². The molecule has 0 spiro atoms. The Bertz CT molecular complexity index is 657. The molecule has 1 fully saturated rings. The highest BCUT2D eigenvalue weighted by Gasteiger charge is 2.19. The zero-order valence-corrected chi connectivity index (χ0v) is 13.7. The highest BCUT2D eigenvalue weighted by atomic mass is 19.1. The van der Waals surface area contributed by atoms with Crippen LogP contribution in [-0.2, 0) is 6.54 Å². The van der Waals surface area contributed by atoms with Crippen molar-refractivity contribution in [1.82, 2.24) is 9.97 Å². The summed E-state index contributed by atoms with van der Waals surface area (Å²) in [5.41, 5.74) is 1.98. The van der Waals surface area contributed by atoms with Gasteiger partial charge in [-0.2, -0.15) is 4.98 Å². The van der Waals surface area contributed by atoms with Gasteiger partial charge in [0.1, 0.15) is 11.6 Å². The number of hydrogen-bond acceptors (Lipinski definition) is 4. The van der Waals surface area contributed by atoms with E-state index in [9.17, 15) is 4.39 Å². The van der Waals surface area contributed by atoms with E-state index < -0.39 is 0 Å². The molecule has 5 heteroatoms. The van der Waals surface area contributed by atoms with Gasteiger partial charge in [0, 0.05) is 31.4 Å². The topological polar surface area (TPSA) is 41.1 Å². The van der Waals surface area contributed by atoms with Crippen LogP contribution in [0.3, 0.4) is 0 Å². The van der Waals surface area contributed by atoms with Gasteiger partial charge in [0.25, 0.3) is 0 Å². The molecule has 3 rings (SSSR count). The van der Waals surface area contributed by atoms with Crippen molar-refractivity contribution in [2.24, 2.45) is 5.92 Å². The Morgan fingerprint density at radius 2 is 2.04 bits per heavy atom. The molecule has 1 saturated heterocycles. The molecule has 1 aliphatic rings. The lowest BCUT2D eigenvalue weighted by Gasteiger charge is -2.31. The smallest absolute Gasteiger partial charge is 0.227 e. The molecular weight excluding hydrogens is 291 g/mol. The summed E-state index contributed by atoms with van der Waals surface area (Å²) in [5.74, 6) is 2.09. The number of anilines is 2. The van der Waals surface area contributed by atoms with E-state index in [0.717, 1.165) is 36.1 Å². The molecule has 23 heavy (non-hydrogen) atoms. The zero-order chi connectivity index (χ0) is 16.2. The lowest BCUT2D eigenvalue weighted by molar-refractivity contribution is 0.442. The van der Waals surface area contributed by atoms with Gasteiger partial charge in [0.15, 0.2) is 0 Å². The van der Waals surface area contributed by atoms with Crippen LogP contribution in [0, 0.1) is 18.7 Å². The molecule has 0 aliphatic carbocycles. The number of aromatic nitrogens is 2. The van der Waals surface area contributed by atoms with Crippen LogP contribution in [0.5, 0.6) is 0 Å². The molecule has 0 saturated carbocycles. The summed E-state index contributed by atoms with van der Waals surface area (Å²) in [6.07, 6.45) is 2.47. The number of halogens is 1. The molecule has 1 atom stereocenters. The fourth-order valence-electron chi connectivity index (χ4n) is 2.95. The quantitative estimate of drug-likeness (QED) is 0.932. The molecule has 1 aliphatic heterocycles. The van der Waals surface area contributed by atoms with Gasteiger partial charge in [-0.1, -0.05) is 19.1 Å². The molecular formula is C18H23FN4. The minimum atomic E-state index is -0.215. The van der Waals surface area contributed by atoms with E-state index in [1.165, 1.54) is 25.0 Å². The van der Waals surface area contributed by atoms with E-state index in [1.807, 2.05) is 13.0 Å². The Labute approximate surface area is 136 Å². The summed E-state index contributed by atoms with van der Waals surface area (Å²) in [6, 6.07) is 8.46. The van der Waals surface area contributed by atoms with Crippen LogP contribution < -0.4 is 10.2 Å². The number of benzene rings is 1. The predicted octanol–water partition coefficient (Wildman–Crippen LogP) is 3.77. The van der Waals surface area contributed by atoms with E-state index in [1.54, 1.807) is 12.1 Å². The van der Waals surface area contributed by atoms with Gasteiger partial charge in [0.05, 0.1) is 0 Å². The first-order valence-corrected chi connectivity index (χ1v) is 8.19. The Kier molecular flexibility index (Phi) is 4.74. The van der Waals surface area contributed by atoms with Crippen molar-refractivity contribution in [3.8, 4) is 0 Å². The molecule has 122 valence electrons. The lowest BCUT2D eigenvalue weighted by Crippen LogP contribution is -2.35. The molecule has 0 amide bonds. The fourth-order valence-corrected chi connectivity index (χ4v) is 2.95. The molecule has 1 N–H and O–H groups in total. The highest BCUT2D eigenvalue weighted by molar-refractivity contribution is 5.44. The second-order valence-corrected chi connectivity index (χ2v) is 6.37. The van der Waals surface area contributed by atoms with Crippen LogP contribution in [0.1, 0.15) is 31.0 Å². The molecule has 2 aromatic rings. The number of rotatable bonds is 4. The maximum atomic E-state index is 12.9. The van der Waals surface area contributed by atoms with Gasteiger partial charge in [-0.3, -0.25) is 0 Å². The fraction of sp³-hybridized carbons (Fsp3) is 0.444. The Balaban J connectivity index is 1.71. The Morgan fingerprint density at radius 1 is 1.26 bits per heavy atom. The molecule has 0 radical (unpaired) electrons. The molecule has 0 bridgehead atoms. The number of nitrogens with one attached hydrogen (secondary N) is 1. The number of nitrogens with zero attached hydrogens (tertiary/aromatic N) is 3. The first kappa shape index (κ1) is 15.7. The Hall–Kier alpha value is -2.17. The van der Waals surface area contributed by atoms with Crippen molar-refractivity contribution in [2.45, 2.75) is 33.2 Å². The van der Waals surface area contributed by atoms with Crippen LogP contribution in [0.2, 0.25) is 0 Å². The summed E-state index contributed by atoms with van der Waals surface area (Å²) in [5, 5.41) is 3.31. The largest absolute Gasteiger partial charge is 0.366 e. The number of aryl methyl sites for hydroxylation is 1. The molecule has 1 aromatic heterocycles. The van der Waals surface area contributed by atoms with Gasteiger partial charge in [0.2, 0.25) is 5.95 Å². The van der Waals surface area contributed by atoms with E-state index in [4.69, 9.17) is 0 Å². The number of piperidine rings is 1. The van der Waals surface area contributed by atoms with Crippen LogP contribution >= 0.6 is 0 Å². The maximum absolute atomic E-state index is 12.9. The minimum absolute atomic E-state index is 0.215. The summed E-state index contributed by atoms with van der Waals surface area (Å²) in [4.78, 5) is 11.5. The predicted molar refractivity (Wildman–Crippen MR) is 91.1 cm³/mol. The second-order valence-electron chi connectivity index (χ2n) is 6.37. The summed E-state index contributed by atoms with van der Waals surface area (Å²) < 4.78 is 12.9. The van der Waals surface area contributed by atoms with Crippen molar-refractivity contribution in [3.63, 3.8) is 0 Å². The first-order chi connectivity index (χ1) is 11.1. The second kappa shape index (κ2) is 6.94. The Morgan fingerprint density at radius 3 is 2.78 bits per heavy atom. The van der Waals surface area contributed by atoms with E-state index in [-0.39, 0.29) is 5.82 Å². The van der Waals surface area contributed by atoms with Gasteiger partial charge in [-0.25, -0.2) is 9.37 Å².